The van der Waals surface area contributed by atoms with Crippen molar-refractivity contribution in [3.63, 3.8) is 0 Å². The second-order valence-electron chi connectivity index (χ2n) is 5.29. The number of rotatable bonds is 6. The van der Waals surface area contributed by atoms with Crippen molar-refractivity contribution in [3.05, 3.63) is 18.2 Å². The van der Waals surface area contributed by atoms with Crippen molar-refractivity contribution in [2.75, 3.05) is 20.3 Å². The summed E-state index contributed by atoms with van der Waals surface area (Å²) in [6.45, 7) is 4.34. The van der Waals surface area contributed by atoms with E-state index in [4.69, 9.17) is 9.47 Å². The zero-order chi connectivity index (χ0) is 14.4. The molecule has 0 aliphatic carbocycles. The van der Waals surface area contributed by atoms with Gasteiger partial charge in [0, 0.05) is 26.5 Å². The molecule has 0 aromatic carbocycles. The van der Waals surface area contributed by atoms with Crippen LogP contribution in [0.15, 0.2) is 12.5 Å². The van der Waals surface area contributed by atoms with Crippen molar-refractivity contribution in [1.82, 2.24) is 14.9 Å². The van der Waals surface area contributed by atoms with Gasteiger partial charge in [-0.1, -0.05) is 0 Å². The van der Waals surface area contributed by atoms with E-state index in [2.05, 4.69) is 10.3 Å². The summed E-state index contributed by atoms with van der Waals surface area (Å²) in [6.07, 6.45) is 6.36. The summed E-state index contributed by atoms with van der Waals surface area (Å²) in [7, 11) is 1.67. The molecule has 2 heterocycles. The summed E-state index contributed by atoms with van der Waals surface area (Å²) in [5.74, 6) is -0.0447. The molecular weight excluding hydrogens is 258 g/mol. The molecule has 112 valence electrons. The number of carbonyl (C=O) groups is 1. The molecule has 1 saturated heterocycles. The number of methoxy groups -OCH3 is 1. The molecule has 0 saturated carbocycles. The first-order valence-corrected chi connectivity index (χ1v) is 7.06. The maximum absolute atomic E-state index is 12.2. The molecule has 0 unspecified atom stereocenters. The molecule has 2 rings (SSSR count). The largest absolute Gasteiger partial charge is 0.383 e. The maximum Gasteiger partial charge on any atom is 0.252 e. The number of hydrogen-bond acceptors (Lipinski definition) is 4. The number of hydrogen-bond donors (Lipinski definition) is 1. The average molecular weight is 281 g/mol. The van der Waals surface area contributed by atoms with E-state index in [0.717, 1.165) is 31.5 Å². The predicted octanol–water partition coefficient (Wildman–Crippen LogP) is 1.10. The zero-order valence-electron chi connectivity index (χ0n) is 12.2. The van der Waals surface area contributed by atoms with E-state index >= 15 is 0 Å². The molecule has 0 bridgehead atoms. The highest BCUT2D eigenvalue weighted by Gasteiger charge is 2.35. The summed E-state index contributed by atoms with van der Waals surface area (Å²) in [5, 5.41) is 2.95. The number of imidazole rings is 1. The second kappa shape index (κ2) is 6.85. The third-order valence-electron chi connectivity index (χ3n) is 3.71. The fourth-order valence-corrected chi connectivity index (χ4v) is 2.36. The van der Waals surface area contributed by atoms with Gasteiger partial charge in [-0.15, -0.1) is 0 Å². The van der Waals surface area contributed by atoms with E-state index in [1.807, 2.05) is 11.5 Å². The minimum atomic E-state index is -0.685. The summed E-state index contributed by atoms with van der Waals surface area (Å²) in [4.78, 5) is 16.4. The fraction of sp³-hybridized carbons (Fsp3) is 0.714. The number of ether oxygens (including phenoxy) is 2. The van der Waals surface area contributed by atoms with Crippen molar-refractivity contribution in [2.24, 2.45) is 0 Å². The number of aromatic nitrogens is 2. The number of amides is 1. The highest BCUT2D eigenvalue weighted by molar-refractivity contribution is 5.84. The lowest BCUT2D eigenvalue weighted by Crippen LogP contribution is -2.48. The van der Waals surface area contributed by atoms with Gasteiger partial charge in [-0.2, -0.15) is 0 Å². The smallest absolute Gasteiger partial charge is 0.252 e. The first-order chi connectivity index (χ1) is 9.65. The van der Waals surface area contributed by atoms with Gasteiger partial charge in [0.05, 0.1) is 25.2 Å². The standard InChI is InChI=1S/C14H23N3O3/c1-14(5-3-4-7-20-14)13(18)16-10-12-9-15-11-17(12)6-8-19-2/h9,11H,3-8,10H2,1-2H3,(H,16,18)/t14-/m0/s1. The summed E-state index contributed by atoms with van der Waals surface area (Å²) < 4.78 is 12.7. The Kier molecular flexibility index (Phi) is 5.14. The molecule has 1 fully saturated rings. The van der Waals surface area contributed by atoms with Crippen LogP contribution in [0.1, 0.15) is 31.9 Å². The highest BCUT2D eigenvalue weighted by atomic mass is 16.5. The third kappa shape index (κ3) is 3.58. The van der Waals surface area contributed by atoms with Crippen LogP contribution in [0.4, 0.5) is 0 Å². The SMILES string of the molecule is COCCn1cncc1CNC(=O)[C@]1(C)CCCCO1. The molecule has 1 N–H and O–H groups in total. The van der Waals surface area contributed by atoms with Gasteiger partial charge in [-0.3, -0.25) is 4.79 Å². The molecule has 0 radical (unpaired) electrons. The van der Waals surface area contributed by atoms with Crippen LogP contribution < -0.4 is 5.32 Å². The van der Waals surface area contributed by atoms with Crippen LogP contribution in [0.3, 0.4) is 0 Å². The van der Waals surface area contributed by atoms with E-state index in [0.29, 0.717) is 19.8 Å². The van der Waals surface area contributed by atoms with Crippen molar-refractivity contribution < 1.29 is 14.3 Å². The number of carbonyl (C=O) groups excluding carboxylic acids is 1. The third-order valence-corrected chi connectivity index (χ3v) is 3.71. The van der Waals surface area contributed by atoms with Crippen LogP contribution >= 0.6 is 0 Å². The minimum absolute atomic E-state index is 0.0447. The van der Waals surface area contributed by atoms with Gasteiger partial charge in [0.1, 0.15) is 5.60 Å². The van der Waals surface area contributed by atoms with Crippen LogP contribution in [0, 0.1) is 0 Å². The lowest BCUT2D eigenvalue weighted by Gasteiger charge is -2.32. The van der Waals surface area contributed by atoms with Gasteiger partial charge < -0.3 is 19.4 Å². The lowest BCUT2D eigenvalue weighted by molar-refractivity contribution is -0.150. The maximum atomic E-state index is 12.2. The van der Waals surface area contributed by atoms with Crippen molar-refractivity contribution in [3.8, 4) is 0 Å². The Labute approximate surface area is 119 Å². The molecule has 1 aliphatic heterocycles. The van der Waals surface area contributed by atoms with Crippen LogP contribution in [0.2, 0.25) is 0 Å². The fourth-order valence-electron chi connectivity index (χ4n) is 2.36. The van der Waals surface area contributed by atoms with Crippen LogP contribution in [-0.4, -0.2) is 41.4 Å². The molecule has 0 spiro atoms. The van der Waals surface area contributed by atoms with Gasteiger partial charge in [-0.05, 0) is 26.2 Å². The first-order valence-electron chi connectivity index (χ1n) is 7.06. The van der Waals surface area contributed by atoms with E-state index in [1.165, 1.54) is 0 Å². The zero-order valence-corrected chi connectivity index (χ0v) is 12.2. The Morgan fingerprint density at radius 3 is 3.15 bits per heavy atom. The summed E-state index contributed by atoms with van der Waals surface area (Å²) in [5.41, 5.74) is 0.283. The normalized spacial score (nSPS) is 22.7. The number of nitrogens with zero attached hydrogens (tertiary/aromatic N) is 2. The molecule has 1 aliphatic rings. The van der Waals surface area contributed by atoms with Crippen LogP contribution in [-0.2, 0) is 27.4 Å². The van der Waals surface area contributed by atoms with E-state index < -0.39 is 5.60 Å². The van der Waals surface area contributed by atoms with E-state index in [-0.39, 0.29) is 5.91 Å². The predicted molar refractivity (Wildman–Crippen MR) is 74.2 cm³/mol. The molecule has 1 aromatic heterocycles. The van der Waals surface area contributed by atoms with Gasteiger partial charge in [0.15, 0.2) is 0 Å². The van der Waals surface area contributed by atoms with E-state index in [9.17, 15) is 4.79 Å². The van der Waals surface area contributed by atoms with Crippen molar-refractivity contribution in [2.45, 2.75) is 44.9 Å². The second-order valence-corrected chi connectivity index (χ2v) is 5.29. The lowest BCUT2D eigenvalue weighted by atomic mass is 9.95. The Morgan fingerprint density at radius 1 is 1.60 bits per heavy atom. The Hall–Kier alpha value is -1.40. The summed E-state index contributed by atoms with van der Waals surface area (Å²) >= 11 is 0. The highest BCUT2D eigenvalue weighted by Crippen LogP contribution is 2.24. The van der Waals surface area contributed by atoms with E-state index in [1.54, 1.807) is 19.6 Å². The van der Waals surface area contributed by atoms with Gasteiger partial charge in [0.25, 0.3) is 5.91 Å². The Morgan fingerprint density at radius 2 is 2.45 bits per heavy atom. The monoisotopic (exact) mass is 281 g/mol. The Bertz CT molecular complexity index is 439. The van der Waals surface area contributed by atoms with Crippen LogP contribution in [0.5, 0.6) is 0 Å². The molecule has 1 aromatic rings. The number of nitrogens with one attached hydrogen (secondary N) is 1. The molecular formula is C14H23N3O3. The van der Waals surface area contributed by atoms with Gasteiger partial charge >= 0.3 is 0 Å². The van der Waals surface area contributed by atoms with Crippen molar-refractivity contribution in [1.29, 1.82) is 0 Å². The molecule has 6 nitrogen and oxygen atoms in total. The summed E-state index contributed by atoms with van der Waals surface area (Å²) in [6, 6.07) is 0. The Balaban J connectivity index is 1.88. The van der Waals surface area contributed by atoms with Crippen molar-refractivity contribution >= 4 is 5.91 Å². The molecule has 20 heavy (non-hydrogen) atoms. The minimum Gasteiger partial charge on any atom is -0.383 e. The molecule has 1 amide bonds. The van der Waals surface area contributed by atoms with Gasteiger partial charge in [-0.25, -0.2) is 4.98 Å². The quantitative estimate of drug-likeness (QED) is 0.848. The molecule has 6 heteroatoms. The van der Waals surface area contributed by atoms with Gasteiger partial charge in [0.2, 0.25) is 0 Å². The van der Waals surface area contributed by atoms with Crippen LogP contribution in [0.25, 0.3) is 0 Å². The topological polar surface area (TPSA) is 65.4 Å². The first kappa shape index (κ1) is 15.0. The average Bonchev–Trinajstić information content (AvgIpc) is 2.90. The molecule has 1 atom stereocenters.